The number of methoxy groups -OCH3 is 2. The lowest BCUT2D eigenvalue weighted by Crippen LogP contribution is -2.30. The van der Waals surface area contributed by atoms with Gasteiger partial charge in [0, 0.05) is 58.6 Å². The lowest BCUT2D eigenvalue weighted by Gasteiger charge is -2.27. The van der Waals surface area contributed by atoms with E-state index in [9.17, 15) is 0 Å². The van der Waals surface area contributed by atoms with Crippen LogP contribution in [0.15, 0.2) is 40.3 Å². The topological polar surface area (TPSA) is 59.5 Å². The van der Waals surface area contributed by atoms with E-state index in [1.165, 1.54) is 10.4 Å². The Bertz CT molecular complexity index is 979. The van der Waals surface area contributed by atoms with Crippen molar-refractivity contribution >= 4 is 38.9 Å². The van der Waals surface area contributed by atoms with E-state index in [4.69, 9.17) is 14.5 Å². The van der Waals surface area contributed by atoms with Gasteiger partial charge in [-0.15, -0.1) is 11.3 Å². The predicted octanol–water partition coefficient (Wildman–Crippen LogP) is 4.62. The fourth-order valence-corrected chi connectivity index (χ4v) is 4.75. The molecular formula is C20H21BrN4O2S. The first-order valence-electron chi connectivity index (χ1n) is 8.93. The van der Waals surface area contributed by atoms with Crippen LogP contribution >= 0.6 is 27.3 Å². The lowest BCUT2D eigenvalue weighted by molar-refractivity contribution is 0.245. The largest absolute Gasteiger partial charge is 0.497 e. The summed E-state index contributed by atoms with van der Waals surface area (Å²) < 4.78 is 11.9. The van der Waals surface area contributed by atoms with Gasteiger partial charge in [-0.2, -0.15) is 0 Å². The van der Waals surface area contributed by atoms with Crippen molar-refractivity contribution in [2.24, 2.45) is 0 Å². The summed E-state index contributed by atoms with van der Waals surface area (Å²) in [4.78, 5) is 13.0. The molecule has 0 spiro atoms. The third-order valence-electron chi connectivity index (χ3n) is 4.67. The number of hydrogen-bond acceptors (Lipinski definition) is 7. The molecule has 3 aromatic rings. The number of nitrogens with one attached hydrogen (secondary N) is 1. The SMILES string of the molecule is COc1ccc(OC)c(Nc2ncc3c(n2)CCN(Cc2cc(Br)cs2)C3)c1. The summed E-state index contributed by atoms with van der Waals surface area (Å²) in [5.74, 6) is 2.04. The minimum absolute atomic E-state index is 0.570. The Morgan fingerprint density at radius 3 is 2.89 bits per heavy atom. The van der Waals surface area contributed by atoms with Crippen LogP contribution in [0, 0.1) is 0 Å². The van der Waals surface area contributed by atoms with Gasteiger partial charge >= 0.3 is 0 Å². The molecule has 1 N–H and O–H groups in total. The Morgan fingerprint density at radius 2 is 2.14 bits per heavy atom. The summed E-state index contributed by atoms with van der Waals surface area (Å²) in [6.45, 7) is 2.81. The first-order valence-corrected chi connectivity index (χ1v) is 10.6. The molecule has 6 nitrogen and oxygen atoms in total. The van der Waals surface area contributed by atoms with Gasteiger partial charge in [0.1, 0.15) is 11.5 Å². The van der Waals surface area contributed by atoms with Gasteiger partial charge < -0.3 is 14.8 Å². The molecule has 0 unspecified atom stereocenters. The number of nitrogens with zero attached hydrogens (tertiary/aromatic N) is 3. The van der Waals surface area contributed by atoms with Crippen molar-refractivity contribution < 1.29 is 9.47 Å². The normalized spacial score (nSPS) is 13.8. The van der Waals surface area contributed by atoms with Gasteiger partial charge in [0.15, 0.2) is 0 Å². The standard InChI is InChI=1S/C20H21BrN4O2S/c1-26-15-3-4-19(27-2)18(8-15)24-20-22-9-13-10-25(6-5-17(13)23-20)11-16-7-14(21)12-28-16/h3-4,7-9,12H,5-6,10-11H2,1-2H3,(H,22,23,24). The van der Waals surface area contributed by atoms with E-state index in [1.807, 2.05) is 24.4 Å². The molecule has 0 amide bonds. The molecule has 0 radical (unpaired) electrons. The third kappa shape index (κ3) is 4.29. The van der Waals surface area contributed by atoms with Crippen LogP contribution in [0.25, 0.3) is 0 Å². The summed E-state index contributed by atoms with van der Waals surface area (Å²) in [6.07, 6.45) is 2.84. The number of thiophene rings is 1. The molecule has 0 bridgehead atoms. The molecule has 0 fully saturated rings. The Kier molecular flexibility index (Phi) is 5.79. The van der Waals surface area contributed by atoms with E-state index < -0.39 is 0 Å². The molecule has 1 aliphatic rings. The molecular weight excluding hydrogens is 440 g/mol. The van der Waals surface area contributed by atoms with Gasteiger partial charge in [-0.05, 0) is 34.1 Å². The van der Waals surface area contributed by atoms with Crippen molar-refractivity contribution in [2.75, 3.05) is 26.1 Å². The number of benzene rings is 1. The smallest absolute Gasteiger partial charge is 0.227 e. The summed E-state index contributed by atoms with van der Waals surface area (Å²) in [6, 6.07) is 7.78. The molecule has 8 heteroatoms. The van der Waals surface area contributed by atoms with Crippen LogP contribution in [0.1, 0.15) is 16.1 Å². The van der Waals surface area contributed by atoms with E-state index in [0.717, 1.165) is 53.4 Å². The number of anilines is 2. The highest BCUT2D eigenvalue weighted by molar-refractivity contribution is 9.10. The Balaban J connectivity index is 1.48. The zero-order valence-corrected chi connectivity index (χ0v) is 18.1. The van der Waals surface area contributed by atoms with Crippen molar-refractivity contribution in [3.8, 4) is 11.5 Å². The van der Waals surface area contributed by atoms with E-state index in [-0.39, 0.29) is 0 Å². The maximum Gasteiger partial charge on any atom is 0.227 e. The minimum atomic E-state index is 0.570. The number of fused-ring (bicyclic) bond motifs is 1. The second-order valence-electron chi connectivity index (χ2n) is 6.55. The van der Waals surface area contributed by atoms with E-state index >= 15 is 0 Å². The van der Waals surface area contributed by atoms with Crippen LogP contribution in [0.3, 0.4) is 0 Å². The van der Waals surface area contributed by atoms with Crippen LogP contribution in [0.2, 0.25) is 0 Å². The van der Waals surface area contributed by atoms with Gasteiger partial charge in [0.25, 0.3) is 0 Å². The van der Waals surface area contributed by atoms with Gasteiger partial charge in [-0.1, -0.05) is 0 Å². The van der Waals surface area contributed by atoms with Crippen molar-refractivity contribution in [2.45, 2.75) is 19.5 Å². The highest BCUT2D eigenvalue weighted by Gasteiger charge is 2.19. The monoisotopic (exact) mass is 460 g/mol. The van der Waals surface area contributed by atoms with Crippen LogP contribution < -0.4 is 14.8 Å². The summed E-state index contributed by atoms with van der Waals surface area (Å²) >= 11 is 5.31. The van der Waals surface area contributed by atoms with Gasteiger partial charge in [0.05, 0.1) is 25.6 Å². The Labute approximate surface area is 176 Å². The fraction of sp³-hybridized carbons (Fsp3) is 0.300. The van der Waals surface area contributed by atoms with Crippen molar-refractivity contribution in [3.05, 3.63) is 56.4 Å². The molecule has 0 saturated carbocycles. The maximum atomic E-state index is 5.42. The van der Waals surface area contributed by atoms with Gasteiger partial charge in [0.2, 0.25) is 5.95 Å². The second kappa shape index (κ2) is 8.46. The molecule has 146 valence electrons. The first kappa shape index (κ1) is 19.2. The van der Waals surface area contributed by atoms with E-state index in [1.54, 1.807) is 25.6 Å². The summed E-state index contributed by atoms with van der Waals surface area (Å²) in [5.41, 5.74) is 3.07. The van der Waals surface area contributed by atoms with Crippen molar-refractivity contribution in [1.29, 1.82) is 0 Å². The Hall–Kier alpha value is -2.16. The van der Waals surface area contributed by atoms with Crippen LogP contribution in [-0.2, 0) is 19.5 Å². The molecule has 0 saturated heterocycles. The average molecular weight is 461 g/mol. The average Bonchev–Trinajstić information content (AvgIpc) is 3.12. The highest BCUT2D eigenvalue weighted by Crippen LogP contribution is 2.31. The van der Waals surface area contributed by atoms with Gasteiger partial charge in [-0.25, -0.2) is 9.97 Å². The molecule has 1 aliphatic heterocycles. The summed E-state index contributed by atoms with van der Waals surface area (Å²) in [7, 11) is 3.28. The molecule has 0 aliphatic carbocycles. The molecule has 0 atom stereocenters. The number of halogens is 1. The predicted molar refractivity (Wildman–Crippen MR) is 115 cm³/mol. The number of rotatable bonds is 6. The van der Waals surface area contributed by atoms with Crippen LogP contribution in [0.5, 0.6) is 11.5 Å². The van der Waals surface area contributed by atoms with Crippen molar-refractivity contribution in [1.82, 2.24) is 14.9 Å². The number of hydrogen-bond donors (Lipinski definition) is 1. The number of aromatic nitrogens is 2. The molecule has 1 aromatic carbocycles. The third-order valence-corrected chi connectivity index (χ3v) is 6.35. The number of ether oxygens (including phenoxy) is 2. The van der Waals surface area contributed by atoms with Gasteiger partial charge in [-0.3, -0.25) is 4.90 Å². The lowest BCUT2D eigenvalue weighted by atomic mass is 10.1. The Morgan fingerprint density at radius 1 is 1.25 bits per heavy atom. The van der Waals surface area contributed by atoms with Crippen LogP contribution in [-0.4, -0.2) is 35.6 Å². The van der Waals surface area contributed by atoms with Crippen LogP contribution in [0.4, 0.5) is 11.6 Å². The van der Waals surface area contributed by atoms with Crippen molar-refractivity contribution in [3.63, 3.8) is 0 Å². The minimum Gasteiger partial charge on any atom is -0.497 e. The zero-order valence-electron chi connectivity index (χ0n) is 15.7. The second-order valence-corrected chi connectivity index (χ2v) is 8.46. The molecule has 4 rings (SSSR count). The maximum absolute atomic E-state index is 5.42. The molecule has 3 heterocycles. The highest BCUT2D eigenvalue weighted by atomic mass is 79.9. The van der Waals surface area contributed by atoms with E-state index in [2.05, 4.69) is 42.6 Å². The fourth-order valence-electron chi connectivity index (χ4n) is 3.26. The summed E-state index contributed by atoms with van der Waals surface area (Å²) in [5, 5.41) is 5.38. The first-order chi connectivity index (χ1) is 13.6. The molecule has 28 heavy (non-hydrogen) atoms. The zero-order chi connectivity index (χ0) is 19.5. The molecule has 2 aromatic heterocycles. The van der Waals surface area contributed by atoms with E-state index in [0.29, 0.717) is 5.95 Å². The quantitative estimate of drug-likeness (QED) is 0.578.